The third kappa shape index (κ3) is 2.56. The van der Waals surface area contributed by atoms with Gasteiger partial charge in [0, 0.05) is 34.4 Å². The Kier molecular flexibility index (Phi) is 3.92. The van der Waals surface area contributed by atoms with E-state index in [0.717, 1.165) is 22.6 Å². The number of hydrogen-bond acceptors (Lipinski definition) is 2. The van der Waals surface area contributed by atoms with Gasteiger partial charge in [0.2, 0.25) is 0 Å². The Morgan fingerprint density at radius 1 is 1.04 bits per heavy atom. The van der Waals surface area contributed by atoms with Gasteiger partial charge in [0.1, 0.15) is 0 Å². The van der Waals surface area contributed by atoms with Crippen LogP contribution in [0.3, 0.4) is 0 Å². The van der Waals surface area contributed by atoms with Gasteiger partial charge in [0.15, 0.2) is 5.43 Å². The lowest BCUT2D eigenvalue weighted by Gasteiger charge is -2.20. The van der Waals surface area contributed by atoms with Crippen LogP contribution < -0.4 is 11.2 Å². The molecule has 2 aromatic carbocycles. The fourth-order valence-electron chi connectivity index (χ4n) is 3.20. The molecule has 0 unspecified atom stereocenters. The van der Waals surface area contributed by atoms with Gasteiger partial charge >= 0.3 is 0 Å². The van der Waals surface area contributed by atoms with E-state index in [1.165, 1.54) is 0 Å². The normalized spacial score (nSPS) is 11.1. The minimum Gasteiger partial charge on any atom is -0.360 e. The summed E-state index contributed by atoms with van der Waals surface area (Å²) in [5.74, 6) is 0. The minimum atomic E-state index is -0.0639. The van der Waals surface area contributed by atoms with Crippen molar-refractivity contribution in [3.63, 3.8) is 0 Å². The second-order valence-electron chi connectivity index (χ2n) is 5.78. The van der Waals surface area contributed by atoms with Crippen LogP contribution >= 0.6 is 11.6 Å². The number of aromatic amines is 1. The molecule has 124 valence electrons. The topological polar surface area (TPSA) is 63.8 Å². The van der Waals surface area contributed by atoms with Crippen LogP contribution in [0.1, 0.15) is 5.56 Å². The van der Waals surface area contributed by atoms with Crippen molar-refractivity contribution < 1.29 is 0 Å². The molecule has 0 saturated heterocycles. The number of pyridine rings is 1. The van der Waals surface area contributed by atoms with Gasteiger partial charge in [-0.15, -0.1) is 0 Å². The molecular weight excluding hydrogens is 334 g/mol. The largest absolute Gasteiger partial charge is 0.360 e. The number of benzene rings is 2. The molecule has 4 rings (SSSR count). The molecule has 4 nitrogen and oxygen atoms in total. The van der Waals surface area contributed by atoms with E-state index in [2.05, 4.69) is 4.98 Å². The Morgan fingerprint density at radius 2 is 1.84 bits per heavy atom. The van der Waals surface area contributed by atoms with Gasteiger partial charge in [0.05, 0.1) is 16.9 Å². The molecule has 0 aliphatic carbocycles. The van der Waals surface area contributed by atoms with Gasteiger partial charge in [-0.2, -0.15) is 0 Å². The number of rotatable bonds is 3. The van der Waals surface area contributed by atoms with Crippen LogP contribution in [0.15, 0.2) is 71.7 Å². The van der Waals surface area contributed by atoms with Crippen molar-refractivity contribution >= 4 is 22.5 Å². The number of nitrogens with zero attached hydrogens (tertiary/aromatic N) is 1. The molecule has 0 amide bonds. The SMILES string of the molecule is NCc1c(-c2ccc[nH]2)n(-c2ccccc2)c2cc(Cl)ccc2c1=O. The summed E-state index contributed by atoms with van der Waals surface area (Å²) < 4.78 is 2.04. The maximum Gasteiger partial charge on any atom is 0.194 e. The summed E-state index contributed by atoms with van der Waals surface area (Å²) >= 11 is 6.23. The summed E-state index contributed by atoms with van der Waals surface area (Å²) in [6.45, 7) is 0.151. The zero-order valence-electron chi connectivity index (χ0n) is 13.4. The number of aromatic nitrogens is 2. The summed E-state index contributed by atoms with van der Waals surface area (Å²) in [7, 11) is 0. The monoisotopic (exact) mass is 349 g/mol. The van der Waals surface area contributed by atoms with Gasteiger partial charge in [0.25, 0.3) is 0 Å². The van der Waals surface area contributed by atoms with Gasteiger partial charge in [-0.3, -0.25) is 4.79 Å². The molecule has 0 fully saturated rings. The Balaban J connectivity index is 2.26. The number of fused-ring (bicyclic) bond motifs is 1. The van der Waals surface area contributed by atoms with Gasteiger partial charge in [-0.25, -0.2) is 0 Å². The molecule has 5 heteroatoms. The summed E-state index contributed by atoms with van der Waals surface area (Å²) in [6, 6.07) is 19.0. The van der Waals surface area contributed by atoms with Crippen LogP contribution in [-0.2, 0) is 6.54 Å². The fraction of sp³-hybridized carbons (Fsp3) is 0.0500. The summed E-state index contributed by atoms with van der Waals surface area (Å²) in [6.07, 6.45) is 1.83. The summed E-state index contributed by atoms with van der Waals surface area (Å²) in [5, 5.41) is 1.18. The molecule has 0 aliphatic rings. The molecule has 25 heavy (non-hydrogen) atoms. The molecule has 2 heterocycles. The van der Waals surface area contributed by atoms with E-state index in [0.29, 0.717) is 16.0 Å². The smallest absolute Gasteiger partial charge is 0.194 e. The zero-order chi connectivity index (χ0) is 17.4. The van der Waals surface area contributed by atoms with Crippen molar-refractivity contribution in [3.8, 4) is 17.1 Å². The highest BCUT2D eigenvalue weighted by Gasteiger charge is 2.19. The second kappa shape index (κ2) is 6.24. The molecule has 0 radical (unpaired) electrons. The van der Waals surface area contributed by atoms with Crippen molar-refractivity contribution in [1.82, 2.24) is 9.55 Å². The predicted octanol–water partition coefficient (Wildman–Crippen LogP) is 4.10. The first-order valence-electron chi connectivity index (χ1n) is 7.97. The van der Waals surface area contributed by atoms with Gasteiger partial charge in [-0.1, -0.05) is 29.8 Å². The van der Waals surface area contributed by atoms with Crippen LogP contribution in [0, 0.1) is 0 Å². The molecule has 4 aromatic rings. The lowest BCUT2D eigenvalue weighted by atomic mass is 10.0. The third-order valence-corrected chi connectivity index (χ3v) is 4.54. The van der Waals surface area contributed by atoms with E-state index in [1.54, 1.807) is 12.1 Å². The number of hydrogen-bond donors (Lipinski definition) is 2. The fourth-order valence-corrected chi connectivity index (χ4v) is 3.37. The van der Waals surface area contributed by atoms with Gasteiger partial charge in [-0.05, 0) is 42.5 Å². The van der Waals surface area contributed by atoms with Crippen molar-refractivity contribution in [2.24, 2.45) is 5.73 Å². The van der Waals surface area contributed by atoms with Crippen molar-refractivity contribution in [3.05, 3.63) is 87.7 Å². The first-order valence-corrected chi connectivity index (χ1v) is 8.35. The molecule has 0 saturated carbocycles. The molecule has 3 N–H and O–H groups in total. The molecule has 0 aliphatic heterocycles. The van der Waals surface area contributed by atoms with E-state index >= 15 is 0 Å². The summed E-state index contributed by atoms with van der Waals surface area (Å²) in [5.41, 5.74) is 9.77. The van der Waals surface area contributed by atoms with Gasteiger partial charge < -0.3 is 15.3 Å². The molecule has 0 atom stereocenters. The van der Waals surface area contributed by atoms with Crippen LogP contribution in [0.2, 0.25) is 5.02 Å². The zero-order valence-corrected chi connectivity index (χ0v) is 14.1. The molecule has 0 bridgehead atoms. The first kappa shape index (κ1) is 15.7. The standard InChI is InChI=1S/C20H16ClN3O/c21-13-8-9-15-18(11-13)24(14-5-2-1-3-6-14)19(16(12-22)20(15)25)17-7-4-10-23-17/h1-11,23H,12,22H2. The molecular formula is C20H16ClN3O. The van der Waals surface area contributed by atoms with Crippen molar-refractivity contribution in [1.29, 1.82) is 0 Å². The van der Waals surface area contributed by atoms with Crippen LogP contribution in [-0.4, -0.2) is 9.55 Å². The number of halogens is 1. The quantitative estimate of drug-likeness (QED) is 0.585. The average molecular weight is 350 g/mol. The number of para-hydroxylation sites is 1. The maximum atomic E-state index is 13.0. The number of nitrogens with one attached hydrogen (secondary N) is 1. The van der Waals surface area contributed by atoms with Crippen LogP contribution in [0.4, 0.5) is 0 Å². The summed E-state index contributed by atoms with van der Waals surface area (Å²) in [4.78, 5) is 16.2. The average Bonchev–Trinajstić information content (AvgIpc) is 3.16. The van der Waals surface area contributed by atoms with Crippen molar-refractivity contribution in [2.75, 3.05) is 0 Å². The number of H-pyrrole nitrogens is 1. The van der Waals surface area contributed by atoms with E-state index in [-0.39, 0.29) is 12.0 Å². The van der Waals surface area contributed by atoms with E-state index in [9.17, 15) is 4.79 Å². The highest BCUT2D eigenvalue weighted by Crippen LogP contribution is 2.30. The third-order valence-electron chi connectivity index (χ3n) is 4.30. The maximum absolute atomic E-state index is 13.0. The highest BCUT2D eigenvalue weighted by molar-refractivity contribution is 6.31. The van der Waals surface area contributed by atoms with Crippen LogP contribution in [0.25, 0.3) is 28.0 Å². The lowest BCUT2D eigenvalue weighted by Crippen LogP contribution is -2.20. The minimum absolute atomic E-state index is 0.0639. The Labute approximate surface area is 149 Å². The number of nitrogens with two attached hydrogens (primary N) is 1. The Bertz CT molecular complexity index is 1100. The lowest BCUT2D eigenvalue weighted by molar-refractivity contribution is 0.997. The second-order valence-corrected chi connectivity index (χ2v) is 6.21. The Morgan fingerprint density at radius 3 is 2.52 bits per heavy atom. The molecule has 2 aromatic heterocycles. The van der Waals surface area contributed by atoms with E-state index < -0.39 is 0 Å². The Hall–Kier alpha value is -2.82. The predicted molar refractivity (Wildman–Crippen MR) is 102 cm³/mol. The van der Waals surface area contributed by atoms with E-state index in [4.69, 9.17) is 17.3 Å². The van der Waals surface area contributed by atoms with Crippen LogP contribution in [0.5, 0.6) is 0 Å². The van der Waals surface area contributed by atoms with Crippen molar-refractivity contribution in [2.45, 2.75) is 6.54 Å². The first-order chi connectivity index (χ1) is 12.2. The highest BCUT2D eigenvalue weighted by atomic mass is 35.5. The van der Waals surface area contributed by atoms with E-state index in [1.807, 2.05) is 59.3 Å². The molecule has 0 spiro atoms.